The van der Waals surface area contributed by atoms with Gasteiger partial charge in [-0.2, -0.15) is 13.2 Å². The van der Waals surface area contributed by atoms with E-state index in [9.17, 15) is 13.2 Å². The predicted molar refractivity (Wildman–Crippen MR) is 55.1 cm³/mol. The summed E-state index contributed by atoms with van der Waals surface area (Å²) in [7, 11) is 0. The summed E-state index contributed by atoms with van der Waals surface area (Å²) in [5.41, 5.74) is 5.46. The second-order valence-corrected chi connectivity index (χ2v) is 4.20. The number of rotatable bonds is 6. The van der Waals surface area contributed by atoms with Gasteiger partial charge in [0.2, 0.25) is 0 Å². The number of halogens is 3. The zero-order valence-electron chi connectivity index (χ0n) is 9.30. The van der Waals surface area contributed by atoms with Crippen LogP contribution in [-0.4, -0.2) is 50.5 Å². The molecule has 16 heavy (non-hydrogen) atoms. The topological polar surface area (TPSA) is 38.5 Å². The number of hydrogen-bond donors (Lipinski definition) is 1. The second kappa shape index (κ2) is 6.42. The van der Waals surface area contributed by atoms with Crippen LogP contribution in [0.4, 0.5) is 13.2 Å². The van der Waals surface area contributed by atoms with E-state index in [-0.39, 0.29) is 6.61 Å². The van der Waals surface area contributed by atoms with E-state index in [0.29, 0.717) is 19.0 Å². The minimum absolute atomic E-state index is 0.148. The number of ether oxygens (including phenoxy) is 1. The highest BCUT2D eigenvalue weighted by Crippen LogP contribution is 2.18. The van der Waals surface area contributed by atoms with Gasteiger partial charge in [0.15, 0.2) is 0 Å². The molecule has 0 amide bonds. The molecule has 0 saturated carbocycles. The molecule has 1 heterocycles. The highest BCUT2D eigenvalue weighted by Gasteiger charge is 2.27. The van der Waals surface area contributed by atoms with Crippen molar-refractivity contribution in [1.29, 1.82) is 0 Å². The molecule has 1 unspecified atom stereocenters. The Kier molecular flexibility index (Phi) is 5.51. The van der Waals surface area contributed by atoms with E-state index in [0.717, 1.165) is 25.9 Å². The fourth-order valence-corrected chi connectivity index (χ4v) is 1.97. The summed E-state index contributed by atoms with van der Waals surface area (Å²) >= 11 is 0. The maximum Gasteiger partial charge on any atom is 0.411 e. The fourth-order valence-electron chi connectivity index (χ4n) is 1.97. The molecule has 0 spiro atoms. The van der Waals surface area contributed by atoms with Crippen LogP contribution in [0.5, 0.6) is 0 Å². The Morgan fingerprint density at radius 1 is 1.38 bits per heavy atom. The molecule has 1 saturated heterocycles. The summed E-state index contributed by atoms with van der Waals surface area (Å²) in [6.45, 7) is 2.15. The number of nitrogens with two attached hydrogens (primary N) is 1. The van der Waals surface area contributed by atoms with Crippen LogP contribution < -0.4 is 5.73 Å². The first-order chi connectivity index (χ1) is 7.51. The normalized spacial score (nSPS) is 22.9. The minimum Gasteiger partial charge on any atom is -0.371 e. The Morgan fingerprint density at radius 3 is 2.75 bits per heavy atom. The molecule has 3 nitrogen and oxygen atoms in total. The molecule has 0 aromatic carbocycles. The Labute approximate surface area is 93.7 Å². The molecule has 1 rings (SSSR count). The van der Waals surface area contributed by atoms with Gasteiger partial charge < -0.3 is 15.4 Å². The molecule has 1 aliphatic heterocycles. The van der Waals surface area contributed by atoms with E-state index in [4.69, 9.17) is 5.73 Å². The lowest BCUT2D eigenvalue weighted by Crippen LogP contribution is -2.27. The molecule has 96 valence electrons. The first kappa shape index (κ1) is 13.7. The van der Waals surface area contributed by atoms with Gasteiger partial charge in [-0.05, 0) is 31.8 Å². The molecule has 1 aliphatic rings. The lowest BCUT2D eigenvalue weighted by atomic mass is 10.1. The van der Waals surface area contributed by atoms with Crippen molar-refractivity contribution in [3.63, 3.8) is 0 Å². The molecule has 2 N–H and O–H groups in total. The van der Waals surface area contributed by atoms with E-state index in [2.05, 4.69) is 9.64 Å². The smallest absolute Gasteiger partial charge is 0.371 e. The molecular formula is C10H19F3N2O. The Hall–Kier alpha value is -0.330. The van der Waals surface area contributed by atoms with Crippen LogP contribution in [0.15, 0.2) is 0 Å². The van der Waals surface area contributed by atoms with Crippen molar-refractivity contribution in [3.05, 3.63) is 0 Å². The summed E-state index contributed by atoms with van der Waals surface area (Å²) in [5, 5.41) is 0. The Bertz CT molecular complexity index is 199. The first-order valence-electron chi connectivity index (χ1n) is 5.58. The molecule has 0 radical (unpaired) electrons. The summed E-state index contributed by atoms with van der Waals surface area (Å²) in [6, 6.07) is 0. The lowest BCUT2D eigenvalue weighted by molar-refractivity contribution is -0.174. The van der Waals surface area contributed by atoms with Crippen molar-refractivity contribution in [2.75, 3.05) is 39.4 Å². The van der Waals surface area contributed by atoms with Crippen LogP contribution in [0.3, 0.4) is 0 Å². The lowest BCUT2D eigenvalue weighted by Gasteiger charge is -2.16. The van der Waals surface area contributed by atoms with E-state index in [1.165, 1.54) is 0 Å². The number of nitrogens with zero attached hydrogens (tertiary/aromatic N) is 1. The first-order valence-corrected chi connectivity index (χ1v) is 5.58. The van der Waals surface area contributed by atoms with E-state index in [1.54, 1.807) is 0 Å². The highest BCUT2D eigenvalue weighted by atomic mass is 19.4. The summed E-state index contributed by atoms with van der Waals surface area (Å²) < 4.78 is 39.9. The van der Waals surface area contributed by atoms with Gasteiger partial charge in [-0.25, -0.2) is 0 Å². The van der Waals surface area contributed by atoms with Crippen molar-refractivity contribution < 1.29 is 17.9 Å². The van der Waals surface area contributed by atoms with Gasteiger partial charge in [0.05, 0.1) is 6.61 Å². The fraction of sp³-hybridized carbons (Fsp3) is 1.00. The van der Waals surface area contributed by atoms with Crippen molar-refractivity contribution in [2.24, 2.45) is 11.7 Å². The zero-order chi connectivity index (χ0) is 12.0. The zero-order valence-corrected chi connectivity index (χ0v) is 9.30. The van der Waals surface area contributed by atoms with Gasteiger partial charge in [-0.1, -0.05) is 0 Å². The number of alkyl halides is 3. The predicted octanol–water partition coefficient (Wildman–Crippen LogP) is 1.24. The van der Waals surface area contributed by atoms with Gasteiger partial charge in [0, 0.05) is 13.1 Å². The number of likely N-dealkylation sites (tertiary alicyclic amines) is 1. The van der Waals surface area contributed by atoms with Crippen molar-refractivity contribution in [2.45, 2.75) is 19.0 Å². The molecular weight excluding hydrogens is 221 g/mol. The third kappa shape index (κ3) is 5.67. The molecule has 0 bridgehead atoms. The summed E-state index contributed by atoms with van der Waals surface area (Å²) in [5.74, 6) is 0.604. The third-order valence-corrected chi connectivity index (χ3v) is 2.76. The van der Waals surface area contributed by atoms with Crippen molar-refractivity contribution >= 4 is 0 Å². The van der Waals surface area contributed by atoms with Crippen LogP contribution in [0.2, 0.25) is 0 Å². The summed E-state index contributed by atoms with van der Waals surface area (Å²) in [6.07, 6.45) is -2.12. The molecule has 0 aliphatic carbocycles. The van der Waals surface area contributed by atoms with Crippen LogP contribution in [-0.2, 0) is 4.74 Å². The maximum atomic E-state index is 11.8. The van der Waals surface area contributed by atoms with Gasteiger partial charge in [0.1, 0.15) is 6.61 Å². The van der Waals surface area contributed by atoms with Gasteiger partial charge >= 0.3 is 6.18 Å². The van der Waals surface area contributed by atoms with Crippen LogP contribution >= 0.6 is 0 Å². The monoisotopic (exact) mass is 240 g/mol. The van der Waals surface area contributed by atoms with Gasteiger partial charge in [-0.15, -0.1) is 0 Å². The van der Waals surface area contributed by atoms with Crippen molar-refractivity contribution in [3.8, 4) is 0 Å². The molecule has 0 aromatic rings. The average Bonchev–Trinajstić information content (AvgIpc) is 2.60. The molecule has 0 aromatic heterocycles. The Balaban J connectivity index is 2.02. The largest absolute Gasteiger partial charge is 0.411 e. The van der Waals surface area contributed by atoms with Gasteiger partial charge in [0.25, 0.3) is 0 Å². The SMILES string of the molecule is NCCC1CCN(CCOCC(F)(F)F)C1. The third-order valence-electron chi connectivity index (χ3n) is 2.76. The van der Waals surface area contributed by atoms with E-state index >= 15 is 0 Å². The van der Waals surface area contributed by atoms with Crippen LogP contribution in [0.25, 0.3) is 0 Å². The van der Waals surface area contributed by atoms with Gasteiger partial charge in [-0.3, -0.25) is 0 Å². The van der Waals surface area contributed by atoms with E-state index < -0.39 is 12.8 Å². The van der Waals surface area contributed by atoms with Crippen LogP contribution in [0.1, 0.15) is 12.8 Å². The maximum absolute atomic E-state index is 11.8. The van der Waals surface area contributed by atoms with Crippen LogP contribution in [0, 0.1) is 5.92 Å². The summed E-state index contributed by atoms with van der Waals surface area (Å²) in [4.78, 5) is 2.14. The quantitative estimate of drug-likeness (QED) is 0.710. The minimum atomic E-state index is -4.22. The average molecular weight is 240 g/mol. The Morgan fingerprint density at radius 2 is 2.12 bits per heavy atom. The highest BCUT2D eigenvalue weighted by molar-refractivity contribution is 4.75. The molecule has 6 heteroatoms. The second-order valence-electron chi connectivity index (χ2n) is 4.20. The molecule has 1 fully saturated rings. The standard InChI is InChI=1S/C10H19F3N2O/c11-10(12,13)8-16-6-5-15-4-2-9(7-15)1-3-14/h9H,1-8,14H2. The number of hydrogen-bond acceptors (Lipinski definition) is 3. The van der Waals surface area contributed by atoms with Crippen molar-refractivity contribution in [1.82, 2.24) is 4.90 Å². The molecule has 1 atom stereocenters. The van der Waals surface area contributed by atoms with E-state index in [1.807, 2.05) is 0 Å².